The highest BCUT2D eigenvalue weighted by Crippen LogP contribution is 2.48. The van der Waals surface area contributed by atoms with Crippen LogP contribution in [0.2, 0.25) is 0 Å². The molecule has 1 aromatic carbocycles. The number of amides is 2. The Morgan fingerprint density at radius 1 is 0.923 bits per heavy atom. The average molecular weight is 743 g/mol. The zero-order valence-corrected chi connectivity index (χ0v) is 29.6. The maximum atomic E-state index is 15.2. The van der Waals surface area contributed by atoms with Gasteiger partial charge >= 0.3 is 24.5 Å². The first-order chi connectivity index (χ1) is 24.0. The van der Waals surface area contributed by atoms with Gasteiger partial charge in [0.2, 0.25) is 11.5 Å². The summed E-state index contributed by atoms with van der Waals surface area (Å²) in [6.07, 6.45) is -12.1. The van der Waals surface area contributed by atoms with Crippen molar-refractivity contribution in [3.63, 3.8) is 0 Å². The van der Waals surface area contributed by atoms with E-state index in [1.54, 1.807) is 37.3 Å². The third-order valence-electron chi connectivity index (χ3n) is 7.39. The summed E-state index contributed by atoms with van der Waals surface area (Å²) in [5, 5.41) is 7.39. The van der Waals surface area contributed by atoms with Gasteiger partial charge < -0.3 is 23.4 Å². The molecule has 0 saturated carbocycles. The van der Waals surface area contributed by atoms with Crippen molar-refractivity contribution in [3.05, 3.63) is 65.6 Å². The van der Waals surface area contributed by atoms with Gasteiger partial charge in [-0.1, -0.05) is 49.4 Å². The number of nitrogens with zero attached hydrogens (tertiary/aromatic N) is 4. The van der Waals surface area contributed by atoms with Gasteiger partial charge in [-0.05, 0) is 72.4 Å². The minimum Gasteiger partial charge on any atom is -0.474 e. The van der Waals surface area contributed by atoms with Crippen LogP contribution in [0.25, 0.3) is 11.6 Å². The smallest absolute Gasteiger partial charge is 0.426 e. The number of hydrogen-bond acceptors (Lipinski definition) is 10. The van der Waals surface area contributed by atoms with E-state index >= 15 is 13.2 Å². The number of hydrogen-bond donors (Lipinski definition) is 0. The van der Waals surface area contributed by atoms with Crippen molar-refractivity contribution in [1.82, 2.24) is 15.2 Å². The maximum absolute atomic E-state index is 15.2. The first-order valence-corrected chi connectivity index (χ1v) is 16.3. The highest BCUT2D eigenvalue weighted by molar-refractivity contribution is 6.11. The Morgan fingerprint density at radius 2 is 1.54 bits per heavy atom. The molecule has 0 N–H and O–H groups in total. The Labute approximate surface area is 296 Å². The second kappa shape index (κ2) is 15.1. The number of halogens is 6. The minimum atomic E-state index is -5.18. The van der Waals surface area contributed by atoms with Gasteiger partial charge in [-0.15, -0.1) is 10.2 Å². The fourth-order valence-electron chi connectivity index (χ4n) is 4.94. The zero-order chi connectivity index (χ0) is 38.7. The first kappa shape index (κ1) is 40.1. The van der Waals surface area contributed by atoms with Gasteiger partial charge in [-0.2, -0.15) is 31.2 Å². The van der Waals surface area contributed by atoms with Crippen LogP contribution in [0.1, 0.15) is 91.2 Å². The lowest BCUT2D eigenvalue weighted by Crippen LogP contribution is -2.45. The van der Waals surface area contributed by atoms with Gasteiger partial charge in [0, 0.05) is 6.42 Å². The van der Waals surface area contributed by atoms with E-state index in [1.807, 2.05) is 0 Å². The van der Waals surface area contributed by atoms with Crippen LogP contribution < -0.4 is 9.64 Å². The molecule has 2 amide bonds. The predicted molar refractivity (Wildman–Crippen MR) is 174 cm³/mol. The number of fused-ring (bicyclic) bond motifs is 5. The van der Waals surface area contributed by atoms with E-state index in [4.69, 9.17) is 23.4 Å². The molecule has 0 radical (unpaired) electrons. The first-order valence-electron chi connectivity index (χ1n) is 16.3. The predicted octanol–water partition coefficient (Wildman–Crippen LogP) is 9.70. The topological polar surface area (TPSA) is 126 Å². The largest absolute Gasteiger partial charge is 0.474 e. The molecule has 1 unspecified atom stereocenters. The van der Waals surface area contributed by atoms with Crippen LogP contribution in [0.3, 0.4) is 0 Å². The molecule has 0 spiro atoms. The fraction of sp³-hybridized carbons (Fsp3) is 0.514. The summed E-state index contributed by atoms with van der Waals surface area (Å²) in [6, 6.07) is 8.37. The maximum Gasteiger partial charge on any atom is 0.426 e. The number of allylic oxidation sites excluding steroid dienone is 1. The Kier molecular flexibility index (Phi) is 11.7. The third kappa shape index (κ3) is 9.60. The lowest BCUT2D eigenvalue weighted by molar-refractivity contribution is -0.295. The summed E-state index contributed by atoms with van der Waals surface area (Å²) >= 11 is 0. The summed E-state index contributed by atoms with van der Waals surface area (Å²) in [6.45, 7) is 9.74. The standard InChI is InChI=1S/C35H40F6N4O7/c1-8-22-17-13-10-14-18-33(35(39,40)41,48-20-21-15-11-9-12-16-21)28-44-43-27(50-28)25-24(19-23(34(36,37)38)26(42-25)49-22)45(29(46)51-31(2,3)4)30(47)52-32(5,6)7/h9-12,14-16,19,22H,8,13,17-18,20H2,1-7H3/b14-10-/t22?,33-/m1/s1. The minimum absolute atomic E-state index is 0.0906. The zero-order valence-electron chi connectivity index (χ0n) is 29.6. The molecular formula is C35H40F6N4O7. The number of carbonyl (C=O) groups is 2. The van der Waals surface area contributed by atoms with Gasteiger partial charge in [-0.25, -0.2) is 14.6 Å². The molecule has 4 bridgehead atoms. The van der Waals surface area contributed by atoms with Gasteiger partial charge in [0.1, 0.15) is 22.9 Å². The van der Waals surface area contributed by atoms with Gasteiger partial charge in [0.05, 0.1) is 12.3 Å². The van der Waals surface area contributed by atoms with E-state index in [0.717, 1.165) is 0 Å². The number of carbonyl (C=O) groups excluding carboxylic acids is 2. The Morgan fingerprint density at radius 3 is 2.08 bits per heavy atom. The van der Waals surface area contributed by atoms with Crippen molar-refractivity contribution in [1.29, 1.82) is 0 Å². The Balaban J connectivity index is 2.06. The van der Waals surface area contributed by atoms with Crippen LogP contribution in [-0.2, 0) is 32.6 Å². The van der Waals surface area contributed by atoms with E-state index in [9.17, 15) is 22.8 Å². The van der Waals surface area contributed by atoms with Crippen LogP contribution in [0.15, 0.2) is 53.0 Å². The molecule has 0 fully saturated rings. The van der Waals surface area contributed by atoms with Crippen molar-refractivity contribution in [2.45, 2.75) is 116 Å². The van der Waals surface area contributed by atoms with Gasteiger partial charge in [0.25, 0.3) is 11.8 Å². The number of pyridine rings is 1. The fourth-order valence-corrected chi connectivity index (χ4v) is 4.94. The molecule has 0 saturated heterocycles. The number of aromatic nitrogens is 3. The molecule has 1 aliphatic heterocycles. The molecule has 11 nitrogen and oxygen atoms in total. The highest BCUT2D eigenvalue weighted by atomic mass is 19.4. The van der Waals surface area contributed by atoms with E-state index in [-0.39, 0.29) is 24.2 Å². The second-order valence-corrected chi connectivity index (χ2v) is 13.9. The molecule has 1 aliphatic rings. The number of ether oxygens (including phenoxy) is 4. The number of anilines is 1. The number of alkyl halides is 6. The van der Waals surface area contributed by atoms with Crippen molar-refractivity contribution in [2.24, 2.45) is 0 Å². The number of rotatable bonds is 5. The van der Waals surface area contributed by atoms with Crippen LogP contribution >= 0.6 is 0 Å². The van der Waals surface area contributed by atoms with Crippen LogP contribution in [0.4, 0.5) is 41.6 Å². The molecule has 284 valence electrons. The van der Waals surface area contributed by atoms with Crippen molar-refractivity contribution in [2.75, 3.05) is 4.90 Å². The molecule has 17 heteroatoms. The van der Waals surface area contributed by atoms with Gasteiger partial charge in [-0.3, -0.25) is 0 Å². The molecule has 3 aromatic rings. The molecule has 2 aromatic heterocycles. The number of imide groups is 1. The van der Waals surface area contributed by atoms with Crippen molar-refractivity contribution < 1.29 is 59.3 Å². The molecule has 2 atom stereocenters. The summed E-state index contributed by atoms with van der Waals surface area (Å²) < 4.78 is 117. The SMILES string of the molecule is CCC1CC/C=C\C[C@](OCc2ccccc2)(C(F)(F)F)c2nnc(o2)-c2nc(c(C(F)(F)F)cc2N(C(=O)OC(C)(C)C)C(=O)OC(C)(C)C)O1. The lowest BCUT2D eigenvalue weighted by Gasteiger charge is -2.32. The number of benzene rings is 1. The quantitative estimate of drug-likeness (QED) is 0.184. The third-order valence-corrected chi connectivity index (χ3v) is 7.39. The van der Waals surface area contributed by atoms with E-state index in [2.05, 4.69) is 15.2 Å². The van der Waals surface area contributed by atoms with E-state index in [0.29, 0.717) is 11.6 Å². The molecule has 0 aliphatic carbocycles. The molecule has 52 heavy (non-hydrogen) atoms. The molecule has 3 heterocycles. The Bertz CT molecular complexity index is 1720. The summed E-state index contributed by atoms with van der Waals surface area (Å²) in [7, 11) is 0. The second-order valence-electron chi connectivity index (χ2n) is 13.9. The van der Waals surface area contributed by atoms with Crippen LogP contribution in [-0.4, -0.2) is 50.9 Å². The lowest BCUT2D eigenvalue weighted by atomic mass is 9.97. The monoisotopic (exact) mass is 742 g/mol. The summed E-state index contributed by atoms with van der Waals surface area (Å²) in [4.78, 5) is 31.4. The van der Waals surface area contributed by atoms with Crippen molar-refractivity contribution >= 4 is 17.9 Å². The normalized spacial score (nSPS) is 19.2. The molecular weight excluding hydrogens is 702 g/mol. The van der Waals surface area contributed by atoms with Gasteiger partial charge in [0.15, 0.2) is 5.69 Å². The van der Waals surface area contributed by atoms with E-state index < -0.39 is 95.1 Å². The highest BCUT2D eigenvalue weighted by Gasteiger charge is 2.61. The molecule has 4 rings (SSSR count). The summed E-state index contributed by atoms with van der Waals surface area (Å²) in [5.41, 5.74) is -8.69. The van der Waals surface area contributed by atoms with Crippen LogP contribution in [0.5, 0.6) is 5.88 Å². The summed E-state index contributed by atoms with van der Waals surface area (Å²) in [5.74, 6) is -3.02. The average Bonchev–Trinajstić information content (AvgIpc) is 3.50. The van der Waals surface area contributed by atoms with Crippen molar-refractivity contribution in [3.8, 4) is 17.5 Å². The van der Waals surface area contributed by atoms with Crippen LogP contribution in [0, 0.1) is 0 Å². The Hall–Kier alpha value is -4.67. The van der Waals surface area contributed by atoms with E-state index in [1.165, 1.54) is 53.7 Å².